The molecule has 0 aromatic heterocycles. The highest BCUT2D eigenvalue weighted by Crippen LogP contribution is 2.25. The first-order valence-electron chi connectivity index (χ1n) is 4.27. The van der Waals surface area contributed by atoms with Crippen molar-refractivity contribution in [3.63, 3.8) is 0 Å². The molecule has 1 saturated heterocycles. The van der Waals surface area contributed by atoms with E-state index in [0.29, 0.717) is 0 Å². The van der Waals surface area contributed by atoms with Crippen molar-refractivity contribution in [3.8, 4) is 0 Å². The van der Waals surface area contributed by atoms with Crippen LogP contribution in [0, 0.1) is 5.92 Å². The maximum Gasteiger partial charge on any atom is 0.186 e. The standard InChI is InChI=1S/C8H16O5/c1-4-5(3-9)13-8(12-2)7(11)6(4)10/h4-11H,3H2,1-2H3/t4-,5?,6+,7-,8+/m1/s1. The fourth-order valence-corrected chi connectivity index (χ4v) is 1.47. The Balaban J connectivity index is 2.66. The fourth-order valence-electron chi connectivity index (χ4n) is 1.47. The van der Waals surface area contributed by atoms with Gasteiger partial charge in [0.2, 0.25) is 0 Å². The lowest BCUT2D eigenvalue weighted by molar-refractivity contribution is -0.280. The number of aliphatic hydroxyl groups is 3. The van der Waals surface area contributed by atoms with Crippen LogP contribution in [0.5, 0.6) is 0 Å². The summed E-state index contributed by atoms with van der Waals surface area (Å²) in [6, 6.07) is 0. The van der Waals surface area contributed by atoms with Crippen LogP contribution in [0.2, 0.25) is 0 Å². The number of ether oxygens (including phenoxy) is 2. The van der Waals surface area contributed by atoms with Gasteiger partial charge in [-0.15, -0.1) is 0 Å². The molecule has 1 aliphatic heterocycles. The first kappa shape index (κ1) is 10.9. The molecule has 0 aromatic rings. The molecule has 0 aliphatic carbocycles. The average molecular weight is 192 g/mol. The second-order valence-corrected chi connectivity index (χ2v) is 3.30. The summed E-state index contributed by atoms with van der Waals surface area (Å²) in [5, 5.41) is 27.9. The minimum absolute atomic E-state index is 0.190. The van der Waals surface area contributed by atoms with Crippen molar-refractivity contribution in [1.29, 1.82) is 0 Å². The monoisotopic (exact) mass is 192 g/mol. The van der Waals surface area contributed by atoms with Crippen LogP contribution in [0.4, 0.5) is 0 Å². The first-order chi connectivity index (χ1) is 6.11. The van der Waals surface area contributed by atoms with Crippen LogP contribution in [0.15, 0.2) is 0 Å². The van der Waals surface area contributed by atoms with E-state index in [-0.39, 0.29) is 12.5 Å². The van der Waals surface area contributed by atoms with E-state index in [2.05, 4.69) is 0 Å². The molecule has 0 amide bonds. The van der Waals surface area contributed by atoms with Gasteiger partial charge in [0.15, 0.2) is 6.29 Å². The van der Waals surface area contributed by atoms with E-state index in [1.807, 2.05) is 0 Å². The minimum atomic E-state index is -1.05. The second kappa shape index (κ2) is 4.34. The Bertz CT molecular complexity index is 143. The molecule has 1 heterocycles. The smallest absolute Gasteiger partial charge is 0.186 e. The molecule has 0 radical (unpaired) electrons. The number of hydrogen-bond acceptors (Lipinski definition) is 5. The second-order valence-electron chi connectivity index (χ2n) is 3.30. The molecule has 0 aromatic carbocycles. The van der Waals surface area contributed by atoms with Crippen molar-refractivity contribution in [2.45, 2.75) is 31.5 Å². The molecule has 5 nitrogen and oxygen atoms in total. The summed E-state index contributed by atoms with van der Waals surface area (Å²) < 4.78 is 10.0. The lowest BCUT2D eigenvalue weighted by atomic mass is 9.91. The highest BCUT2D eigenvalue weighted by Gasteiger charge is 2.41. The summed E-state index contributed by atoms with van der Waals surface area (Å²) in [5.74, 6) is -0.300. The third-order valence-corrected chi connectivity index (χ3v) is 2.48. The van der Waals surface area contributed by atoms with Crippen molar-refractivity contribution in [2.75, 3.05) is 13.7 Å². The normalized spacial score (nSPS) is 46.4. The highest BCUT2D eigenvalue weighted by molar-refractivity contribution is 4.86. The van der Waals surface area contributed by atoms with Gasteiger partial charge in [0.25, 0.3) is 0 Å². The van der Waals surface area contributed by atoms with Gasteiger partial charge in [-0.1, -0.05) is 6.92 Å². The minimum Gasteiger partial charge on any atom is -0.394 e. The molecule has 1 rings (SSSR count). The Kier molecular flexibility index (Phi) is 3.63. The average Bonchev–Trinajstić information content (AvgIpc) is 2.15. The predicted molar refractivity (Wildman–Crippen MR) is 43.9 cm³/mol. The van der Waals surface area contributed by atoms with E-state index in [1.165, 1.54) is 7.11 Å². The van der Waals surface area contributed by atoms with Gasteiger partial charge in [-0.2, -0.15) is 0 Å². The molecule has 1 unspecified atom stereocenters. The molecule has 5 heteroatoms. The quantitative estimate of drug-likeness (QED) is 0.507. The van der Waals surface area contributed by atoms with Crippen molar-refractivity contribution < 1.29 is 24.8 Å². The van der Waals surface area contributed by atoms with Crippen LogP contribution in [0.1, 0.15) is 6.92 Å². The van der Waals surface area contributed by atoms with Crippen molar-refractivity contribution >= 4 is 0 Å². The predicted octanol–water partition coefficient (Wildman–Crippen LogP) is -1.29. The molecular formula is C8H16O5. The van der Waals surface area contributed by atoms with Crippen LogP contribution in [0.3, 0.4) is 0 Å². The van der Waals surface area contributed by atoms with Gasteiger partial charge in [-0.3, -0.25) is 0 Å². The summed E-state index contributed by atoms with van der Waals surface area (Å²) in [6.07, 6.45) is -3.31. The van der Waals surface area contributed by atoms with E-state index in [4.69, 9.17) is 14.6 Å². The molecular weight excluding hydrogens is 176 g/mol. The van der Waals surface area contributed by atoms with Crippen molar-refractivity contribution in [2.24, 2.45) is 5.92 Å². The van der Waals surface area contributed by atoms with Gasteiger partial charge < -0.3 is 24.8 Å². The lowest BCUT2D eigenvalue weighted by Crippen LogP contribution is -2.55. The van der Waals surface area contributed by atoms with Crippen molar-refractivity contribution in [3.05, 3.63) is 0 Å². The zero-order valence-electron chi connectivity index (χ0n) is 7.75. The Morgan fingerprint density at radius 1 is 1.31 bits per heavy atom. The number of hydrogen-bond donors (Lipinski definition) is 3. The summed E-state index contributed by atoms with van der Waals surface area (Å²) in [5.41, 5.74) is 0. The third kappa shape index (κ3) is 2.00. The van der Waals surface area contributed by atoms with Crippen LogP contribution >= 0.6 is 0 Å². The molecule has 5 atom stereocenters. The summed E-state index contributed by atoms with van der Waals surface area (Å²) in [7, 11) is 1.38. The van der Waals surface area contributed by atoms with Gasteiger partial charge in [0, 0.05) is 13.0 Å². The van der Waals surface area contributed by atoms with E-state index in [1.54, 1.807) is 6.92 Å². The van der Waals surface area contributed by atoms with Gasteiger partial charge in [0.1, 0.15) is 6.10 Å². The maximum atomic E-state index is 9.53. The fraction of sp³-hybridized carbons (Fsp3) is 1.00. The third-order valence-electron chi connectivity index (χ3n) is 2.48. The molecule has 1 aliphatic rings. The Morgan fingerprint density at radius 2 is 1.92 bits per heavy atom. The highest BCUT2D eigenvalue weighted by atomic mass is 16.7. The molecule has 78 valence electrons. The van der Waals surface area contributed by atoms with E-state index < -0.39 is 24.6 Å². The lowest BCUT2D eigenvalue weighted by Gasteiger charge is -2.40. The van der Waals surface area contributed by atoms with E-state index in [0.717, 1.165) is 0 Å². The zero-order chi connectivity index (χ0) is 10.0. The van der Waals surface area contributed by atoms with Crippen LogP contribution in [-0.4, -0.2) is 53.6 Å². The van der Waals surface area contributed by atoms with Crippen molar-refractivity contribution in [1.82, 2.24) is 0 Å². The van der Waals surface area contributed by atoms with Gasteiger partial charge in [-0.25, -0.2) is 0 Å². The van der Waals surface area contributed by atoms with Gasteiger partial charge in [-0.05, 0) is 0 Å². The first-order valence-corrected chi connectivity index (χ1v) is 4.27. The SMILES string of the molecule is CO[C@H]1OC(CO)[C@@H](C)[C@H](O)[C@H]1O. The number of rotatable bonds is 2. The van der Waals surface area contributed by atoms with Crippen LogP contribution in [-0.2, 0) is 9.47 Å². The van der Waals surface area contributed by atoms with E-state index >= 15 is 0 Å². The Morgan fingerprint density at radius 3 is 2.38 bits per heavy atom. The van der Waals surface area contributed by atoms with Crippen LogP contribution < -0.4 is 0 Å². The zero-order valence-corrected chi connectivity index (χ0v) is 7.75. The molecule has 1 fully saturated rings. The molecule has 0 spiro atoms. The molecule has 0 saturated carbocycles. The Labute approximate surface area is 76.9 Å². The molecule has 3 N–H and O–H groups in total. The number of methoxy groups -OCH3 is 1. The maximum absolute atomic E-state index is 9.53. The molecule has 0 bridgehead atoms. The number of aliphatic hydroxyl groups excluding tert-OH is 3. The Hall–Kier alpha value is -0.200. The molecule has 13 heavy (non-hydrogen) atoms. The summed E-state index contributed by atoms with van der Waals surface area (Å²) in [6.45, 7) is 1.52. The van der Waals surface area contributed by atoms with Gasteiger partial charge >= 0.3 is 0 Å². The van der Waals surface area contributed by atoms with E-state index in [9.17, 15) is 10.2 Å². The summed E-state index contributed by atoms with van der Waals surface area (Å²) >= 11 is 0. The van der Waals surface area contributed by atoms with Crippen LogP contribution in [0.25, 0.3) is 0 Å². The summed E-state index contributed by atoms with van der Waals surface area (Å²) in [4.78, 5) is 0. The largest absolute Gasteiger partial charge is 0.394 e. The topological polar surface area (TPSA) is 79.2 Å². The van der Waals surface area contributed by atoms with Gasteiger partial charge in [0.05, 0.1) is 18.8 Å².